The predicted octanol–water partition coefficient (Wildman–Crippen LogP) is 1.51. The fourth-order valence-corrected chi connectivity index (χ4v) is 4.42. The van der Waals surface area contributed by atoms with Gasteiger partial charge in [0.05, 0.1) is 17.1 Å². The second kappa shape index (κ2) is 6.44. The average molecular weight is 312 g/mol. The van der Waals surface area contributed by atoms with Gasteiger partial charge >= 0.3 is 0 Å². The van der Waals surface area contributed by atoms with Gasteiger partial charge in [0, 0.05) is 19.6 Å². The minimum Gasteiger partial charge on any atom is -0.373 e. The normalized spacial score (nSPS) is 24.2. The maximum atomic E-state index is 12.8. The van der Waals surface area contributed by atoms with Gasteiger partial charge in [-0.05, 0) is 43.5 Å². The first kappa shape index (κ1) is 16.4. The monoisotopic (exact) mass is 312 g/mol. The molecule has 0 spiro atoms. The number of nitrogens with two attached hydrogens (primary N) is 1. The molecule has 0 amide bonds. The van der Waals surface area contributed by atoms with Crippen LogP contribution in [0.4, 0.5) is 0 Å². The number of ether oxygens (including phenoxy) is 1. The van der Waals surface area contributed by atoms with Crippen molar-refractivity contribution in [1.82, 2.24) is 4.31 Å². The molecule has 2 N–H and O–H groups in total. The molecule has 5 nitrogen and oxygen atoms in total. The fourth-order valence-electron chi connectivity index (χ4n) is 2.77. The minimum absolute atomic E-state index is 0.0904. The molecule has 118 valence electrons. The van der Waals surface area contributed by atoms with Crippen LogP contribution in [-0.4, -0.2) is 38.0 Å². The Bertz CT molecular complexity index is 591. The van der Waals surface area contributed by atoms with Crippen LogP contribution in [0.3, 0.4) is 0 Å². The van der Waals surface area contributed by atoms with Crippen molar-refractivity contribution < 1.29 is 13.2 Å². The van der Waals surface area contributed by atoms with Crippen LogP contribution in [0.5, 0.6) is 0 Å². The van der Waals surface area contributed by atoms with Gasteiger partial charge in [-0.1, -0.05) is 13.0 Å². The highest BCUT2D eigenvalue weighted by atomic mass is 32.2. The smallest absolute Gasteiger partial charge is 0.243 e. The molecule has 1 saturated heterocycles. The van der Waals surface area contributed by atoms with E-state index < -0.39 is 10.0 Å². The molecular weight excluding hydrogens is 288 g/mol. The maximum Gasteiger partial charge on any atom is 0.243 e. The number of hydrogen-bond donors (Lipinski definition) is 1. The van der Waals surface area contributed by atoms with E-state index in [4.69, 9.17) is 10.5 Å². The molecule has 0 saturated carbocycles. The molecule has 2 atom stereocenters. The zero-order chi connectivity index (χ0) is 15.6. The molecule has 0 radical (unpaired) electrons. The second-order valence-electron chi connectivity index (χ2n) is 5.57. The highest BCUT2D eigenvalue weighted by Gasteiger charge is 2.32. The van der Waals surface area contributed by atoms with E-state index >= 15 is 0 Å². The van der Waals surface area contributed by atoms with Gasteiger partial charge in [0.2, 0.25) is 10.0 Å². The minimum atomic E-state index is -3.49. The number of aryl methyl sites for hydroxylation is 1. The molecule has 2 unspecified atom stereocenters. The van der Waals surface area contributed by atoms with Crippen LogP contribution in [0.25, 0.3) is 0 Å². The van der Waals surface area contributed by atoms with E-state index in [2.05, 4.69) is 0 Å². The van der Waals surface area contributed by atoms with Gasteiger partial charge in [-0.3, -0.25) is 0 Å². The van der Waals surface area contributed by atoms with Gasteiger partial charge < -0.3 is 10.5 Å². The summed E-state index contributed by atoms with van der Waals surface area (Å²) in [6.45, 7) is 6.95. The van der Waals surface area contributed by atoms with Crippen LogP contribution >= 0.6 is 0 Å². The van der Waals surface area contributed by atoms with Crippen LogP contribution in [0.1, 0.15) is 31.9 Å². The molecule has 2 rings (SSSR count). The van der Waals surface area contributed by atoms with E-state index in [1.54, 1.807) is 12.1 Å². The standard InChI is InChI=1S/C15H24N2O3S/c1-4-13-5-6-15(7-14(13)8-16)21(18,19)17-9-11(2)20-12(3)10-17/h5-7,11-12H,4,8-10,16H2,1-3H3. The molecule has 1 heterocycles. The first-order valence-corrected chi connectivity index (χ1v) is 8.80. The summed E-state index contributed by atoms with van der Waals surface area (Å²) in [5.74, 6) is 0. The van der Waals surface area contributed by atoms with Gasteiger partial charge in [0.15, 0.2) is 0 Å². The number of hydrogen-bond acceptors (Lipinski definition) is 4. The van der Waals surface area contributed by atoms with E-state index in [1.807, 2.05) is 26.8 Å². The Kier molecular flexibility index (Phi) is 5.03. The highest BCUT2D eigenvalue weighted by molar-refractivity contribution is 7.89. The van der Waals surface area contributed by atoms with Crippen molar-refractivity contribution in [2.24, 2.45) is 5.73 Å². The summed E-state index contributed by atoms with van der Waals surface area (Å²) in [5, 5.41) is 0. The van der Waals surface area contributed by atoms with Gasteiger partial charge in [0.1, 0.15) is 0 Å². The van der Waals surface area contributed by atoms with Crippen molar-refractivity contribution >= 4 is 10.0 Å². The Hall–Kier alpha value is -0.950. The molecule has 0 aromatic heterocycles. The SMILES string of the molecule is CCc1ccc(S(=O)(=O)N2CC(C)OC(C)C2)cc1CN. The largest absolute Gasteiger partial charge is 0.373 e. The van der Waals surface area contributed by atoms with Crippen molar-refractivity contribution in [3.63, 3.8) is 0 Å². The number of benzene rings is 1. The molecule has 21 heavy (non-hydrogen) atoms. The first-order valence-electron chi connectivity index (χ1n) is 7.36. The Morgan fingerprint density at radius 1 is 1.24 bits per heavy atom. The lowest BCUT2D eigenvalue weighted by Gasteiger charge is -2.34. The summed E-state index contributed by atoms with van der Waals surface area (Å²) in [4.78, 5) is 0.321. The Morgan fingerprint density at radius 3 is 2.38 bits per heavy atom. The lowest BCUT2D eigenvalue weighted by atomic mass is 10.1. The molecular formula is C15H24N2O3S. The van der Waals surface area contributed by atoms with E-state index in [1.165, 1.54) is 4.31 Å². The van der Waals surface area contributed by atoms with E-state index in [0.29, 0.717) is 24.5 Å². The average Bonchev–Trinajstić information content (AvgIpc) is 2.45. The number of sulfonamides is 1. The zero-order valence-corrected chi connectivity index (χ0v) is 13.7. The Morgan fingerprint density at radius 2 is 1.86 bits per heavy atom. The third-order valence-electron chi connectivity index (χ3n) is 3.80. The fraction of sp³-hybridized carbons (Fsp3) is 0.600. The van der Waals surface area contributed by atoms with Gasteiger partial charge in [-0.25, -0.2) is 8.42 Å². The Balaban J connectivity index is 2.35. The molecule has 1 aromatic carbocycles. The molecule has 1 aliphatic heterocycles. The van der Waals surface area contributed by atoms with E-state index in [-0.39, 0.29) is 12.2 Å². The predicted molar refractivity (Wildman–Crippen MR) is 82.5 cm³/mol. The molecule has 6 heteroatoms. The van der Waals surface area contributed by atoms with Crippen LogP contribution in [0.15, 0.2) is 23.1 Å². The van der Waals surface area contributed by atoms with Gasteiger partial charge in [0.25, 0.3) is 0 Å². The number of nitrogens with zero attached hydrogens (tertiary/aromatic N) is 1. The van der Waals surface area contributed by atoms with Gasteiger partial charge in [-0.2, -0.15) is 4.31 Å². The van der Waals surface area contributed by atoms with Crippen LogP contribution in [-0.2, 0) is 27.7 Å². The molecule has 0 aliphatic carbocycles. The summed E-state index contributed by atoms with van der Waals surface area (Å²) in [6, 6.07) is 5.25. The summed E-state index contributed by atoms with van der Waals surface area (Å²) in [5.41, 5.74) is 7.73. The van der Waals surface area contributed by atoms with Gasteiger partial charge in [-0.15, -0.1) is 0 Å². The molecule has 1 aromatic rings. The Labute approximate surface area is 127 Å². The van der Waals surface area contributed by atoms with Crippen LogP contribution in [0, 0.1) is 0 Å². The summed E-state index contributed by atoms with van der Waals surface area (Å²) < 4.78 is 32.7. The van der Waals surface area contributed by atoms with Crippen molar-refractivity contribution in [3.8, 4) is 0 Å². The highest BCUT2D eigenvalue weighted by Crippen LogP contribution is 2.23. The third kappa shape index (κ3) is 3.45. The lowest BCUT2D eigenvalue weighted by molar-refractivity contribution is -0.0440. The zero-order valence-electron chi connectivity index (χ0n) is 12.9. The number of rotatable bonds is 4. The van der Waals surface area contributed by atoms with Crippen LogP contribution < -0.4 is 5.73 Å². The van der Waals surface area contributed by atoms with Crippen molar-refractivity contribution in [3.05, 3.63) is 29.3 Å². The van der Waals surface area contributed by atoms with Crippen molar-refractivity contribution in [2.75, 3.05) is 13.1 Å². The summed E-state index contributed by atoms with van der Waals surface area (Å²) in [6.07, 6.45) is 0.665. The first-order chi connectivity index (χ1) is 9.88. The maximum absolute atomic E-state index is 12.8. The topological polar surface area (TPSA) is 72.6 Å². The van der Waals surface area contributed by atoms with Crippen molar-refractivity contribution in [2.45, 2.75) is 50.8 Å². The third-order valence-corrected chi connectivity index (χ3v) is 5.63. The lowest BCUT2D eigenvalue weighted by Crippen LogP contribution is -2.48. The number of morpholine rings is 1. The quantitative estimate of drug-likeness (QED) is 0.914. The van der Waals surface area contributed by atoms with E-state index in [9.17, 15) is 8.42 Å². The van der Waals surface area contributed by atoms with Crippen LogP contribution in [0.2, 0.25) is 0 Å². The summed E-state index contributed by atoms with van der Waals surface area (Å²) >= 11 is 0. The molecule has 1 fully saturated rings. The second-order valence-corrected chi connectivity index (χ2v) is 7.51. The van der Waals surface area contributed by atoms with Crippen molar-refractivity contribution in [1.29, 1.82) is 0 Å². The molecule has 0 bridgehead atoms. The molecule has 1 aliphatic rings. The van der Waals surface area contributed by atoms with E-state index in [0.717, 1.165) is 17.5 Å². The summed E-state index contributed by atoms with van der Waals surface area (Å²) in [7, 11) is -3.49.